The van der Waals surface area contributed by atoms with Gasteiger partial charge in [0.15, 0.2) is 0 Å². The van der Waals surface area contributed by atoms with Gasteiger partial charge in [-0.15, -0.1) is 0 Å². The molecule has 3 nitrogen and oxygen atoms in total. The van der Waals surface area contributed by atoms with Crippen LogP contribution in [0.1, 0.15) is 0 Å². The molecule has 0 saturated carbocycles. The van der Waals surface area contributed by atoms with Crippen molar-refractivity contribution in [2.75, 3.05) is 0 Å². The van der Waals surface area contributed by atoms with Crippen LogP contribution in [0.25, 0.3) is 38.3 Å². The second kappa shape index (κ2) is 4.16. The first-order valence-corrected chi connectivity index (χ1v) is 9.86. The highest BCUT2D eigenvalue weighted by atomic mass is 32.2. The zero-order valence-electron chi connectivity index (χ0n) is 13.3. The maximum Gasteiger partial charge on any atom is 0.0864 e. The predicted octanol–water partition coefficient (Wildman–Crippen LogP) is 4.59. The van der Waals surface area contributed by atoms with E-state index in [-0.39, 0.29) is 0 Å². The Morgan fingerprint density at radius 1 is 0.720 bits per heavy atom. The van der Waals surface area contributed by atoms with E-state index >= 15 is 0 Å². The fourth-order valence-corrected chi connectivity index (χ4v) is 5.92. The number of hydrogen-bond donors (Lipinski definition) is 0. The number of hydrogen-bond acceptors (Lipinski definition) is 1. The molecule has 0 spiro atoms. The average molecular weight is 342 g/mol. The molecule has 120 valence electrons. The molecule has 0 saturated heterocycles. The fraction of sp³-hybridized carbons (Fsp3) is 0. The van der Waals surface area contributed by atoms with E-state index < -0.39 is 9.71 Å². The Bertz CT molecular complexity index is 1450. The smallest absolute Gasteiger partial charge is 0.0864 e. The van der Waals surface area contributed by atoms with Crippen molar-refractivity contribution in [1.82, 2.24) is 8.54 Å². The minimum absolute atomic E-state index is 0.769. The summed E-state index contributed by atoms with van der Waals surface area (Å²) in [7, 11) is -2.64. The molecule has 0 bridgehead atoms. The van der Waals surface area contributed by atoms with Gasteiger partial charge >= 0.3 is 0 Å². The molecule has 1 atom stereocenters. The quantitative estimate of drug-likeness (QED) is 0.371. The Balaban J connectivity index is 2.04. The molecule has 25 heavy (non-hydrogen) atoms. The lowest BCUT2D eigenvalue weighted by Gasteiger charge is -2.13. The minimum atomic E-state index is -2.64. The SMILES string of the molecule is C=S1(=O)c2ccccc2-n2ccc3c4ccccc4c4ccn1c4c32. The van der Waals surface area contributed by atoms with E-state index in [0.29, 0.717) is 0 Å². The van der Waals surface area contributed by atoms with E-state index in [1.54, 1.807) is 0 Å². The maximum atomic E-state index is 13.7. The summed E-state index contributed by atoms with van der Waals surface area (Å²) >= 11 is 0. The van der Waals surface area contributed by atoms with Gasteiger partial charge in [0.25, 0.3) is 0 Å². The largest absolute Gasteiger partial charge is 0.313 e. The summed E-state index contributed by atoms with van der Waals surface area (Å²) in [4.78, 5) is 0.769. The van der Waals surface area contributed by atoms with Crippen molar-refractivity contribution < 1.29 is 4.21 Å². The van der Waals surface area contributed by atoms with Crippen molar-refractivity contribution in [2.24, 2.45) is 0 Å². The first-order valence-electron chi connectivity index (χ1n) is 8.18. The Labute approximate surface area is 144 Å². The van der Waals surface area contributed by atoms with Crippen LogP contribution in [-0.4, -0.2) is 18.6 Å². The van der Waals surface area contributed by atoms with Gasteiger partial charge in [0.1, 0.15) is 0 Å². The third kappa shape index (κ3) is 1.43. The molecule has 0 N–H and O–H groups in total. The van der Waals surface area contributed by atoms with Gasteiger partial charge in [-0.1, -0.05) is 36.4 Å². The van der Waals surface area contributed by atoms with E-state index in [2.05, 4.69) is 53.0 Å². The van der Waals surface area contributed by atoms with Gasteiger partial charge in [0, 0.05) is 23.2 Å². The molecule has 5 aromatic rings. The van der Waals surface area contributed by atoms with Crippen LogP contribution in [0, 0.1) is 0 Å². The van der Waals surface area contributed by atoms with E-state index in [9.17, 15) is 4.21 Å². The molecule has 1 unspecified atom stereocenters. The lowest BCUT2D eigenvalue weighted by atomic mass is 10.0. The first kappa shape index (κ1) is 13.3. The molecule has 4 heteroatoms. The Hall–Kier alpha value is -2.98. The zero-order chi connectivity index (χ0) is 16.8. The van der Waals surface area contributed by atoms with Crippen LogP contribution in [0.15, 0.2) is 78.0 Å². The maximum absolute atomic E-state index is 13.7. The summed E-state index contributed by atoms with van der Waals surface area (Å²) in [6.07, 6.45) is 4.00. The van der Waals surface area contributed by atoms with Crippen molar-refractivity contribution in [3.8, 4) is 5.69 Å². The number of nitrogens with zero attached hydrogens (tertiary/aromatic N) is 2. The van der Waals surface area contributed by atoms with Crippen molar-refractivity contribution >= 4 is 48.2 Å². The molecule has 0 aliphatic carbocycles. The highest BCUT2D eigenvalue weighted by Gasteiger charge is 2.26. The van der Waals surface area contributed by atoms with Crippen molar-refractivity contribution in [3.63, 3.8) is 0 Å². The third-order valence-electron chi connectivity index (χ3n) is 5.26. The molecule has 6 rings (SSSR count). The number of rotatable bonds is 0. The molecular formula is C21H14N2OS. The molecule has 3 heterocycles. The van der Waals surface area contributed by atoms with Gasteiger partial charge < -0.3 is 4.57 Å². The molecular weight excluding hydrogens is 328 g/mol. The molecule has 1 aliphatic rings. The van der Waals surface area contributed by atoms with Gasteiger partial charge in [-0.3, -0.25) is 3.97 Å². The second-order valence-corrected chi connectivity index (χ2v) is 8.62. The first-order chi connectivity index (χ1) is 12.2. The van der Waals surface area contributed by atoms with Gasteiger partial charge in [0.05, 0.1) is 31.3 Å². The number of aromatic nitrogens is 2. The predicted molar refractivity (Wildman–Crippen MR) is 105 cm³/mol. The Morgan fingerprint density at radius 2 is 1.36 bits per heavy atom. The van der Waals surface area contributed by atoms with Crippen molar-refractivity contribution in [3.05, 3.63) is 73.1 Å². The fourth-order valence-electron chi connectivity index (χ4n) is 4.19. The van der Waals surface area contributed by atoms with Gasteiger partial charge in [-0.25, -0.2) is 4.21 Å². The summed E-state index contributed by atoms with van der Waals surface area (Å²) in [6, 6.07) is 20.5. The van der Waals surface area contributed by atoms with E-state index in [4.69, 9.17) is 0 Å². The molecule has 1 aliphatic heterocycles. The highest BCUT2D eigenvalue weighted by molar-refractivity contribution is 7.99. The lowest BCUT2D eigenvalue weighted by Crippen LogP contribution is -2.11. The molecule has 0 fully saturated rings. The van der Waals surface area contributed by atoms with Crippen molar-refractivity contribution in [1.29, 1.82) is 0 Å². The second-order valence-electron chi connectivity index (χ2n) is 6.51. The summed E-state index contributed by atoms with van der Waals surface area (Å²) in [5.74, 6) is 4.14. The van der Waals surface area contributed by atoms with Crippen LogP contribution in [0.3, 0.4) is 0 Å². The topological polar surface area (TPSA) is 26.9 Å². The summed E-state index contributed by atoms with van der Waals surface area (Å²) in [5, 5.41) is 4.70. The van der Waals surface area contributed by atoms with Gasteiger partial charge in [-0.2, -0.15) is 0 Å². The summed E-state index contributed by atoms with van der Waals surface area (Å²) in [5.41, 5.74) is 3.03. The summed E-state index contributed by atoms with van der Waals surface area (Å²) < 4.78 is 17.8. The highest BCUT2D eigenvalue weighted by Crippen LogP contribution is 2.41. The van der Waals surface area contributed by atoms with Crippen LogP contribution in [0.2, 0.25) is 0 Å². The lowest BCUT2D eigenvalue weighted by molar-refractivity contribution is 0.676. The number of benzene rings is 3. The molecule has 2 aromatic heterocycles. The van der Waals surface area contributed by atoms with E-state index in [0.717, 1.165) is 27.0 Å². The molecule has 0 radical (unpaired) electrons. The van der Waals surface area contributed by atoms with Crippen LogP contribution in [0.5, 0.6) is 0 Å². The average Bonchev–Trinajstić information content (AvgIpc) is 3.25. The van der Waals surface area contributed by atoms with Crippen LogP contribution in [0.4, 0.5) is 0 Å². The van der Waals surface area contributed by atoms with Crippen LogP contribution >= 0.6 is 0 Å². The molecule has 0 amide bonds. The monoisotopic (exact) mass is 342 g/mol. The van der Waals surface area contributed by atoms with Crippen LogP contribution in [-0.2, 0) is 9.71 Å². The minimum Gasteiger partial charge on any atom is -0.313 e. The van der Waals surface area contributed by atoms with Gasteiger partial charge in [0.2, 0.25) is 0 Å². The Kier molecular flexibility index (Phi) is 2.22. The standard InChI is InChI=1S/C21H14N2OS/c1-25(24)19-9-5-4-8-18(19)22-12-10-16-14-6-2-3-7-15(14)17-11-13-23(25)21(17)20(16)22/h2-13H,1H2. The normalized spacial score (nSPS) is 18.9. The van der Waals surface area contributed by atoms with Gasteiger partial charge in [-0.05, 0) is 40.9 Å². The zero-order valence-corrected chi connectivity index (χ0v) is 14.2. The Morgan fingerprint density at radius 3 is 2.16 bits per heavy atom. The van der Waals surface area contributed by atoms with Crippen molar-refractivity contribution in [2.45, 2.75) is 4.90 Å². The molecule has 3 aromatic carbocycles. The summed E-state index contributed by atoms with van der Waals surface area (Å²) in [6.45, 7) is 0. The number of fused-ring (bicyclic) bond motifs is 5. The van der Waals surface area contributed by atoms with E-state index in [1.807, 2.05) is 34.4 Å². The van der Waals surface area contributed by atoms with E-state index in [1.165, 1.54) is 16.2 Å². The van der Waals surface area contributed by atoms with Crippen LogP contribution < -0.4 is 0 Å². The third-order valence-corrected chi connectivity index (χ3v) is 7.23. The number of para-hydroxylation sites is 1.